The number of carboxylic acids is 1. The minimum atomic E-state index is -1.53. The van der Waals surface area contributed by atoms with Crippen molar-refractivity contribution in [2.75, 3.05) is 19.7 Å². The number of aliphatic carboxylic acids is 1. The van der Waals surface area contributed by atoms with Crippen molar-refractivity contribution in [3.8, 4) is 5.75 Å². The monoisotopic (exact) mass is 549 g/mol. The van der Waals surface area contributed by atoms with Crippen molar-refractivity contribution >= 4 is 29.6 Å². The lowest BCUT2D eigenvalue weighted by Gasteiger charge is -2.32. The Morgan fingerprint density at radius 1 is 1.23 bits per heavy atom. The summed E-state index contributed by atoms with van der Waals surface area (Å²) in [5.41, 5.74) is 0.00504. The van der Waals surface area contributed by atoms with Crippen LogP contribution in [0.1, 0.15) is 50.0 Å². The van der Waals surface area contributed by atoms with Crippen LogP contribution in [0.2, 0.25) is 0 Å². The molecule has 3 rings (SSSR count). The molecule has 1 atom stereocenters. The highest BCUT2D eigenvalue weighted by atomic mass is 19.2. The number of halogens is 3. The quantitative estimate of drug-likeness (QED) is 0.410. The molecule has 9 nitrogen and oxygen atoms in total. The van der Waals surface area contributed by atoms with E-state index >= 15 is 0 Å². The summed E-state index contributed by atoms with van der Waals surface area (Å²) in [7, 11) is 0. The van der Waals surface area contributed by atoms with Crippen LogP contribution in [0.25, 0.3) is 6.08 Å². The number of ether oxygens (including phenoxy) is 1. The maximum absolute atomic E-state index is 14.4. The maximum Gasteiger partial charge on any atom is 0.305 e. The second-order valence-electron chi connectivity index (χ2n) is 8.93. The number of likely N-dealkylation sites (tertiary alicyclic amines) is 1. The minimum Gasteiger partial charge on any atom is -0.482 e. The van der Waals surface area contributed by atoms with Crippen LogP contribution >= 0.6 is 0 Å². The first-order valence-corrected chi connectivity index (χ1v) is 12.3. The zero-order valence-electron chi connectivity index (χ0n) is 21.2. The molecule has 39 heavy (non-hydrogen) atoms. The molecule has 2 N–H and O–H groups in total. The molecule has 1 aliphatic rings. The number of allylic oxidation sites excluding steroid dienone is 1. The number of Topliss-reactive ketones (excluding diaryl/α,β-unsaturated/α-hetero) is 1. The van der Waals surface area contributed by atoms with Crippen molar-refractivity contribution in [1.82, 2.24) is 15.2 Å². The minimum absolute atomic E-state index is 0. The third-order valence-electron chi connectivity index (χ3n) is 6.19. The molecule has 2 heterocycles. The van der Waals surface area contributed by atoms with Crippen LogP contribution in [0.4, 0.5) is 13.2 Å². The first kappa shape index (κ1) is 29.3. The van der Waals surface area contributed by atoms with E-state index in [4.69, 9.17) is 4.74 Å². The largest absolute Gasteiger partial charge is 0.482 e. The Bertz CT molecular complexity index is 1250. The molecule has 1 fully saturated rings. The number of piperidine rings is 1. The number of carboxylic acid groups (broad SMARTS) is 1. The standard InChI is InChI=1S/C27H28F3N3O6.H2/c1-2-3-6-18-19(28)12-20(29)24(30)25(18)39-15-22(34)21(13-23(35)36)32-26(37)16-7-10-33(11-8-16)27(38)17-5-4-9-31-14-17;/h3-6,9,12,14,16,21H,2,7-8,10-11,13,15H2,1H3,(H,32,37)(H,35,36);1H/b6-3+;/t21-;/m0./s1. The Kier molecular flexibility index (Phi) is 10.2. The van der Waals surface area contributed by atoms with E-state index in [2.05, 4.69) is 10.3 Å². The van der Waals surface area contributed by atoms with Gasteiger partial charge in [-0.1, -0.05) is 19.1 Å². The predicted octanol–water partition coefficient (Wildman–Crippen LogP) is 3.63. The predicted molar refractivity (Wildman–Crippen MR) is 135 cm³/mol. The summed E-state index contributed by atoms with van der Waals surface area (Å²) in [4.78, 5) is 55.1. The summed E-state index contributed by atoms with van der Waals surface area (Å²) >= 11 is 0. The highest BCUT2D eigenvalue weighted by Crippen LogP contribution is 2.29. The number of pyridine rings is 1. The molecular formula is C27H30F3N3O6. The molecule has 2 amide bonds. The number of carbonyl (C=O) groups excluding carboxylic acids is 3. The number of nitrogens with one attached hydrogen (secondary N) is 1. The van der Waals surface area contributed by atoms with E-state index in [1.54, 1.807) is 30.2 Å². The molecule has 2 aromatic rings. The number of rotatable bonds is 11. The van der Waals surface area contributed by atoms with Crippen molar-refractivity contribution in [2.45, 2.75) is 38.6 Å². The van der Waals surface area contributed by atoms with Gasteiger partial charge in [-0.05, 0) is 31.4 Å². The van der Waals surface area contributed by atoms with E-state index in [0.29, 0.717) is 18.1 Å². The molecule has 0 radical (unpaired) electrons. The van der Waals surface area contributed by atoms with Crippen molar-refractivity contribution < 1.29 is 43.6 Å². The molecule has 12 heteroatoms. The molecule has 0 saturated carbocycles. The van der Waals surface area contributed by atoms with Crippen LogP contribution in [-0.4, -0.2) is 64.3 Å². The molecule has 210 valence electrons. The molecule has 1 aromatic carbocycles. The summed E-state index contributed by atoms with van der Waals surface area (Å²) < 4.78 is 47.5. The molecule has 1 aliphatic heterocycles. The number of carbonyl (C=O) groups is 4. The van der Waals surface area contributed by atoms with Gasteiger partial charge in [0.15, 0.2) is 17.3 Å². The van der Waals surface area contributed by atoms with Crippen molar-refractivity contribution in [3.63, 3.8) is 0 Å². The average Bonchev–Trinajstić information content (AvgIpc) is 2.93. The summed E-state index contributed by atoms with van der Waals surface area (Å²) in [6.45, 7) is 1.33. The van der Waals surface area contributed by atoms with E-state index in [9.17, 15) is 37.5 Å². The fourth-order valence-electron chi connectivity index (χ4n) is 4.09. The lowest BCUT2D eigenvalue weighted by atomic mass is 9.94. The van der Waals surface area contributed by atoms with Crippen molar-refractivity contribution in [1.29, 1.82) is 0 Å². The van der Waals surface area contributed by atoms with Gasteiger partial charge < -0.3 is 20.1 Å². The number of hydrogen-bond donors (Lipinski definition) is 2. The molecule has 0 spiro atoms. The lowest BCUT2D eigenvalue weighted by Crippen LogP contribution is -2.49. The highest BCUT2D eigenvalue weighted by Gasteiger charge is 2.32. The number of amides is 2. The number of hydrogen-bond acceptors (Lipinski definition) is 6. The molecule has 1 saturated heterocycles. The first-order valence-electron chi connectivity index (χ1n) is 12.3. The van der Waals surface area contributed by atoms with Crippen molar-refractivity contribution in [3.05, 3.63) is 65.2 Å². The number of benzene rings is 1. The third kappa shape index (κ3) is 7.65. The van der Waals surface area contributed by atoms with Gasteiger partial charge in [-0.2, -0.15) is 4.39 Å². The Balaban J connectivity index is 0.00000560. The van der Waals surface area contributed by atoms with Gasteiger partial charge in [-0.3, -0.25) is 24.2 Å². The van der Waals surface area contributed by atoms with E-state index in [1.165, 1.54) is 18.3 Å². The normalized spacial score (nSPS) is 14.7. The Morgan fingerprint density at radius 3 is 2.56 bits per heavy atom. The number of ketones is 1. The van der Waals surface area contributed by atoms with Crippen molar-refractivity contribution in [2.24, 2.45) is 5.92 Å². The van der Waals surface area contributed by atoms with E-state index < -0.39 is 71.4 Å². The SMILES string of the molecule is CC/C=C/c1c(F)cc(F)c(F)c1OCC(=O)[C@H](CC(=O)O)NC(=O)C1CCN(C(=O)c2cccnc2)CC1.[HH]. The Morgan fingerprint density at radius 2 is 1.95 bits per heavy atom. The van der Waals surface area contributed by atoms with Gasteiger partial charge in [0.2, 0.25) is 11.7 Å². The van der Waals surface area contributed by atoms with Gasteiger partial charge >= 0.3 is 5.97 Å². The fraction of sp³-hybridized carbons (Fsp3) is 0.370. The highest BCUT2D eigenvalue weighted by molar-refractivity contribution is 5.95. The summed E-state index contributed by atoms with van der Waals surface area (Å²) in [6, 6.07) is 2.09. The Labute approximate surface area is 224 Å². The third-order valence-corrected chi connectivity index (χ3v) is 6.19. The molecule has 0 bridgehead atoms. The molecule has 0 aliphatic carbocycles. The average molecular weight is 550 g/mol. The number of aromatic nitrogens is 1. The van der Waals surface area contributed by atoms with Crippen LogP contribution in [0.5, 0.6) is 5.75 Å². The maximum atomic E-state index is 14.4. The first-order chi connectivity index (χ1) is 18.6. The second kappa shape index (κ2) is 13.5. The molecular weight excluding hydrogens is 519 g/mol. The lowest BCUT2D eigenvalue weighted by molar-refractivity contribution is -0.141. The smallest absolute Gasteiger partial charge is 0.305 e. The zero-order chi connectivity index (χ0) is 28.5. The van der Waals surface area contributed by atoms with Gasteiger partial charge in [0.25, 0.3) is 5.91 Å². The summed E-state index contributed by atoms with van der Waals surface area (Å²) in [6.07, 6.45) is 5.88. The van der Waals surface area contributed by atoms with Gasteiger partial charge in [0.05, 0.1) is 17.5 Å². The van der Waals surface area contributed by atoms with Crippen LogP contribution < -0.4 is 10.1 Å². The zero-order valence-corrected chi connectivity index (χ0v) is 21.2. The second-order valence-corrected chi connectivity index (χ2v) is 8.93. The summed E-state index contributed by atoms with van der Waals surface area (Å²) in [5, 5.41) is 11.6. The summed E-state index contributed by atoms with van der Waals surface area (Å²) in [5.74, 6) is -8.69. The van der Waals surface area contributed by atoms with Crippen LogP contribution in [0, 0.1) is 23.4 Å². The molecule has 1 aromatic heterocycles. The van der Waals surface area contributed by atoms with E-state index in [1.807, 2.05) is 0 Å². The van der Waals surface area contributed by atoms with Crippen LogP contribution in [-0.2, 0) is 14.4 Å². The van der Waals surface area contributed by atoms with E-state index in [-0.39, 0.29) is 33.3 Å². The van der Waals surface area contributed by atoms with Gasteiger partial charge in [-0.15, -0.1) is 0 Å². The van der Waals surface area contributed by atoms with Gasteiger partial charge in [0.1, 0.15) is 18.5 Å². The van der Waals surface area contributed by atoms with Crippen LogP contribution in [0.3, 0.4) is 0 Å². The van der Waals surface area contributed by atoms with Gasteiger partial charge in [0, 0.05) is 38.9 Å². The van der Waals surface area contributed by atoms with E-state index in [0.717, 1.165) is 0 Å². The molecule has 0 unspecified atom stereocenters. The van der Waals surface area contributed by atoms with Gasteiger partial charge in [-0.25, -0.2) is 8.78 Å². The topological polar surface area (TPSA) is 126 Å². The number of nitrogens with zero attached hydrogens (tertiary/aromatic N) is 2. The Hall–Kier alpha value is -4.22. The van der Waals surface area contributed by atoms with Crippen LogP contribution in [0.15, 0.2) is 36.7 Å². The fourth-order valence-corrected chi connectivity index (χ4v) is 4.09.